The zero-order valence-corrected chi connectivity index (χ0v) is 11.9. The van der Waals surface area contributed by atoms with Gasteiger partial charge in [-0.25, -0.2) is 23.4 Å². The number of carbonyl (C=O) groups excluding carboxylic acids is 1. The van der Waals surface area contributed by atoms with Gasteiger partial charge in [0.1, 0.15) is 0 Å². The fraction of sp³-hybridized carbons (Fsp3) is 0.182. The van der Waals surface area contributed by atoms with Crippen molar-refractivity contribution < 1.29 is 13.2 Å². The summed E-state index contributed by atoms with van der Waals surface area (Å²) in [6, 6.07) is 6.30. The molecule has 1 heterocycles. The van der Waals surface area contributed by atoms with Crippen molar-refractivity contribution in [2.24, 2.45) is 5.14 Å². The number of aromatic amines is 1. The highest BCUT2D eigenvalue weighted by atomic mass is 32.2. The van der Waals surface area contributed by atoms with Gasteiger partial charge in [0.2, 0.25) is 0 Å². The largest absolute Gasteiger partial charge is 0.338 e. The lowest BCUT2D eigenvalue weighted by Crippen LogP contribution is -2.28. The second-order valence-electron chi connectivity index (χ2n) is 4.07. The zero-order chi connectivity index (χ0) is 15.5. The maximum atomic E-state index is 11.3. The molecule has 0 aliphatic heterocycles. The number of urea groups is 1. The third-order valence-corrected chi connectivity index (χ3v) is 3.19. The SMILES string of the molecule is CCNC(=O)Nc1ccc(-c2n[nH]c(S(N)(=O)=O)n2)cc1. The number of H-pyrrole nitrogens is 1. The molecule has 0 spiro atoms. The minimum absolute atomic E-state index is 0.198. The maximum Gasteiger partial charge on any atom is 0.319 e. The van der Waals surface area contributed by atoms with E-state index in [0.717, 1.165) is 0 Å². The Labute approximate surface area is 121 Å². The van der Waals surface area contributed by atoms with Crippen molar-refractivity contribution in [3.8, 4) is 11.4 Å². The molecule has 21 heavy (non-hydrogen) atoms. The molecule has 10 heteroatoms. The summed E-state index contributed by atoms with van der Waals surface area (Å²) in [5.74, 6) is 0.198. The first-order valence-electron chi connectivity index (χ1n) is 6.00. The van der Waals surface area contributed by atoms with Crippen molar-refractivity contribution in [2.45, 2.75) is 12.1 Å². The third kappa shape index (κ3) is 3.77. The zero-order valence-electron chi connectivity index (χ0n) is 11.1. The first-order valence-corrected chi connectivity index (χ1v) is 7.55. The normalized spacial score (nSPS) is 11.1. The Morgan fingerprint density at radius 2 is 2.00 bits per heavy atom. The predicted octanol–water partition coefficient (Wildman–Crippen LogP) is 0.261. The molecule has 0 saturated heterocycles. The summed E-state index contributed by atoms with van der Waals surface area (Å²) in [5, 5.41) is 15.8. The molecule has 0 radical (unpaired) electrons. The first kappa shape index (κ1) is 14.9. The van der Waals surface area contributed by atoms with E-state index in [0.29, 0.717) is 17.8 Å². The first-order chi connectivity index (χ1) is 9.90. The Bertz CT molecular complexity index is 738. The Morgan fingerprint density at radius 3 is 2.52 bits per heavy atom. The quantitative estimate of drug-likeness (QED) is 0.640. The summed E-state index contributed by atoms with van der Waals surface area (Å²) >= 11 is 0. The smallest absolute Gasteiger partial charge is 0.319 e. The van der Waals surface area contributed by atoms with E-state index in [1.807, 2.05) is 6.92 Å². The number of hydrogen-bond donors (Lipinski definition) is 4. The van der Waals surface area contributed by atoms with Gasteiger partial charge in [-0.2, -0.15) is 10.1 Å². The van der Waals surface area contributed by atoms with Crippen molar-refractivity contribution in [2.75, 3.05) is 11.9 Å². The minimum atomic E-state index is -3.91. The van der Waals surface area contributed by atoms with Crippen LogP contribution in [0.1, 0.15) is 6.92 Å². The van der Waals surface area contributed by atoms with Crippen LogP contribution in [-0.4, -0.2) is 36.2 Å². The Morgan fingerprint density at radius 1 is 1.33 bits per heavy atom. The van der Waals surface area contributed by atoms with Crippen LogP contribution in [0.15, 0.2) is 29.4 Å². The second-order valence-corrected chi connectivity index (χ2v) is 5.55. The second kappa shape index (κ2) is 5.89. The van der Waals surface area contributed by atoms with Crippen LogP contribution in [0.2, 0.25) is 0 Å². The number of carbonyl (C=O) groups is 1. The molecule has 1 aromatic carbocycles. The van der Waals surface area contributed by atoms with Crippen LogP contribution in [0.3, 0.4) is 0 Å². The molecule has 112 valence electrons. The van der Waals surface area contributed by atoms with E-state index in [1.54, 1.807) is 24.3 Å². The Kier molecular flexibility index (Phi) is 4.19. The van der Waals surface area contributed by atoms with Gasteiger partial charge in [0, 0.05) is 17.8 Å². The van der Waals surface area contributed by atoms with Gasteiger partial charge in [0.25, 0.3) is 15.2 Å². The maximum absolute atomic E-state index is 11.3. The molecule has 0 bridgehead atoms. The average Bonchev–Trinajstić information content (AvgIpc) is 2.89. The topological polar surface area (TPSA) is 143 Å². The molecular formula is C11H14N6O3S. The average molecular weight is 310 g/mol. The summed E-state index contributed by atoms with van der Waals surface area (Å²) in [7, 11) is -3.91. The summed E-state index contributed by atoms with van der Waals surface area (Å²) < 4.78 is 22.2. The Hall–Kier alpha value is -2.46. The van der Waals surface area contributed by atoms with Gasteiger partial charge in [-0.3, -0.25) is 0 Å². The molecule has 0 aliphatic rings. The third-order valence-electron chi connectivity index (χ3n) is 2.47. The highest BCUT2D eigenvalue weighted by Gasteiger charge is 2.14. The van der Waals surface area contributed by atoms with Crippen molar-refractivity contribution in [1.29, 1.82) is 0 Å². The van der Waals surface area contributed by atoms with Gasteiger partial charge in [-0.05, 0) is 31.2 Å². The lowest BCUT2D eigenvalue weighted by Gasteiger charge is -2.05. The van der Waals surface area contributed by atoms with E-state index in [9.17, 15) is 13.2 Å². The van der Waals surface area contributed by atoms with Crippen LogP contribution in [0.25, 0.3) is 11.4 Å². The predicted molar refractivity (Wildman–Crippen MR) is 75.9 cm³/mol. The van der Waals surface area contributed by atoms with Crippen LogP contribution in [0.5, 0.6) is 0 Å². The van der Waals surface area contributed by atoms with Gasteiger partial charge in [-0.1, -0.05) is 0 Å². The highest BCUT2D eigenvalue weighted by Crippen LogP contribution is 2.18. The van der Waals surface area contributed by atoms with Crippen molar-refractivity contribution in [1.82, 2.24) is 20.5 Å². The lowest BCUT2D eigenvalue weighted by molar-refractivity contribution is 0.252. The van der Waals surface area contributed by atoms with Gasteiger partial charge >= 0.3 is 6.03 Å². The van der Waals surface area contributed by atoms with Crippen LogP contribution in [0.4, 0.5) is 10.5 Å². The molecule has 0 aliphatic carbocycles. The number of nitrogens with zero attached hydrogens (tertiary/aromatic N) is 2. The van der Waals surface area contributed by atoms with Crippen LogP contribution in [0, 0.1) is 0 Å². The van der Waals surface area contributed by atoms with Gasteiger partial charge in [0.15, 0.2) is 5.82 Å². The summed E-state index contributed by atoms with van der Waals surface area (Å²) in [6.07, 6.45) is 0. The van der Waals surface area contributed by atoms with Crippen LogP contribution in [-0.2, 0) is 10.0 Å². The number of nitrogens with one attached hydrogen (secondary N) is 3. The summed E-state index contributed by atoms with van der Waals surface area (Å²) in [6.45, 7) is 2.34. The van der Waals surface area contributed by atoms with E-state index in [1.165, 1.54) is 0 Å². The standard InChI is InChI=1S/C11H14N6O3S/c1-2-13-10(18)14-8-5-3-7(4-6-8)9-15-11(17-16-9)21(12,19)20/h3-6H,2H2,1H3,(H2,12,19,20)(H2,13,14,18)(H,15,16,17). The molecule has 0 atom stereocenters. The number of benzene rings is 1. The number of hydrogen-bond acceptors (Lipinski definition) is 5. The number of anilines is 1. The molecule has 0 saturated carbocycles. The van der Waals surface area contributed by atoms with Gasteiger partial charge < -0.3 is 10.6 Å². The van der Waals surface area contributed by atoms with E-state index in [4.69, 9.17) is 5.14 Å². The summed E-state index contributed by atoms with van der Waals surface area (Å²) in [5.41, 5.74) is 1.18. The fourth-order valence-electron chi connectivity index (χ4n) is 1.54. The number of nitrogens with two attached hydrogens (primary N) is 1. The molecule has 2 aromatic rings. The number of sulfonamides is 1. The van der Waals surface area contributed by atoms with E-state index >= 15 is 0 Å². The van der Waals surface area contributed by atoms with Gasteiger partial charge in [-0.15, -0.1) is 0 Å². The van der Waals surface area contributed by atoms with E-state index in [2.05, 4.69) is 25.8 Å². The van der Waals surface area contributed by atoms with Crippen molar-refractivity contribution in [3.63, 3.8) is 0 Å². The number of aromatic nitrogens is 3. The van der Waals surface area contributed by atoms with E-state index < -0.39 is 15.2 Å². The van der Waals surface area contributed by atoms with Crippen LogP contribution >= 0.6 is 0 Å². The fourth-order valence-corrected chi connectivity index (χ4v) is 1.93. The highest BCUT2D eigenvalue weighted by molar-refractivity contribution is 7.89. The number of primary sulfonamides is 1. The van der Waals surface area contributed by atoms with Crippen molar-refractivity contribution in [3.05, 3.63) is 24.3 Å². The molecule has 0 fully saturated rings. The lowest BCUT2D eigenvalue weighted by atomic mass is 10.2. The monoisotopic (exact) mass is 310 g/mol. The summed E-state index contributed by atoms with van der Waals surface area (Å²) in [4.78, 5) is 15.1. The molecule has 2 rings (SSSR count). The molecule has 0 unspecified atom stereocenters. The molecule has 1 aromatic heterocycles. The minimum Gasteiger partial charge on any atom is -0.338 e. The molecule has 2 amide bonds. The molecule has 9 nitrogen and oxygen atoms in total. The molecule has 5 N–H and O–H groups in total. The number of rotatable bonds is 4. The number of amides is 2. The van der Waals surface area contributed by atoms with Crippen LogP contribution < -0.4 is 15.8 Å². The van der Waals surface area contributed by atoms with E-state index in [-0.39, 0.29) is 11.9 Å². The molecular weight excluding hydrogens is 296 g/mol. The van der Waals surface area contributed by atoms with Gasteiger partial charge in [0.05, 0.1) is 0 Å². The Balaban J connectivity index is 2.15. The van der Waals surface area contributed by atoms with Crippen molar-refractivity contribution >= 4 is 21.7 Å².